The Morgan fingerprint density at radius 3 is 2.73 bits per heavy atom. The van der Waals surface area contributed by atoms with E-state index < -0.39 is 0 Å². The third-order valence-electron chi connectivity index (χ3n) is 2.06. The number of halogens is 3. The minimum atomic E-state index is 0. The van der Waals surface area contributed by atoms with Gasteiger partial charge < -0.3 is 34.9 Å². The van der Waals surface area contributed by atoms with Gasteiger partial charge in [0.05, 0.1) is 6.20 Å². The lowest BCUT2D eigenvalue weighted by atomic mass is 10.1. The van der Waals surface area contributed by atoms with Gasteiger partial charge in [0.2, 0.25) is 0 Å². The molecule has 0 bridgehead atoms. The summed E-state index contributed by atoms with van der Waals surface area (Å²) in [6, 6.07) is 2.53. The van der Waals surface area contributed by atoms with Crippen LogP contribution in [0.4, 0.5) is 0 Å². The van der Waals surface area contributed by atoms with E-state index in [1.807, 2.05) is 12.3 Å². The number of rotatable bonds is 3. The molecule has 1 N–H and O–H groups in total. The van der Waals surface area contributed by atoms with Crippen LogP contribution in [0.1, 0.15) is 6.42 Å². The van der Waals surface area contributed by atoms with Gasteiger partial charge in [0.25, 0.3) is 0 Å². The van der Waals surface area contributed by atoms with E-state index in [1.54, 1.807) is 6.20 Å². The van der Waals surface area contributed by atoms with Gasteiger partial charge in [-0.25, -0.2) is 0 Å². The molecule has 86 valence electrons. The van der Waals surface area contributed by atoms with E-state index >= 15 is 0 Å². The number of nitrogens with zero attached hydrogens (tertiary/aromatic N) is 1. The topological polar surface area (TPSA) is 34.1 Å². The molecule has 2 rings (SSSR count). The standard InChI is InChI=1S/C9H11IN2O.2ClH/c10-7-3-9(5-11-4-7)13-6-8-1-2-12-8;;/h3-5,8,12H,1-2,6H2;2*1H/p-2/t8-;;/m0../s1. The Hall–Kier alpha value is 0.220. The highest BCUT2D eigenvalue weighted by Crippen LogP contribution is 2.14. The van der Waals surface area contributed by atoms with Gasteiger partial charge in [-0.2, -0.15) is 0 Å². The summed E-state index contributed by atoms with van der Waals surface area (Å²) >= 11 is 2.23. The fourth-order valence-electron chi connectivity index (χ4n) is 1.16. The zero-order chi connectivity index (χ0) is 9.10. The fraction of sp³-hybridized carbons (Fsp3) is 0.444. The van der Waals surface area contributed by atoms with Crippen LogP contribution in [0.5, 0.6) is 5.75 Å². The van der Waals surface area contributed by atoms with Gasteiger partial charge >= 0.3 is 0 Å². The van der Waals surface area contributed by atoms with E-state index in [4.69, 9.17) is 4.74 Å². The average Bonchev–Trinajstić information content (AvgIpc) is 2.01. The lowest BCUT2D eigenvalue weighted by Gasteiger charge is -2.27. The van der Waals surface area contributed by atoms with Gasteiger partial charge in [0.15, 0.2) is 0 Å². The van der Waals surface area contributed by atoms with Crippen molar-refractivity contribution < 1.29 is 29.6 Å². The summed E-state index contributed by atoms with van der Waals surface area (Å²) < 4.78 is 6.67. The van der Waals surface area contributed by atoms with E-state index in [9.17, 15) is 0 Å². The molecule has 1 fully saturated rings. The molecule has 1 aliphatic heterocycles. The van der Waals surface area contributed by atoms with Crippen molar-refractivity contribution in [2.45, 2.75) is 12.5 Å². The van der Waals surface area contributed by atoms with Crippen molar-refractivity contribution in [3.8, 4) is 5.75 Å². The predicted molar refractivity (Wildman–Crippen MR) is 58.9 cm³/mol. The van der Waals surface area contributed by atoms with Crippen LogP contribution in [0.25, 0.3) is 0 Å². The Morgan fingerprint density at radius 2 is 2.20 bits per heavy atom. The number of ether oxygens (including phenoxy) is 1. The van der Waals surface area contributed by atoms with E-state index in [1.165, 1.54) is 6.42 Å². The maximum absolute atomic E-state index is 5.56. The number of nitrogens with one attached hydrogen (secondary N) is 1. The largest absolute Gasteiger partial charge is 1.00 e. The molecule has 1 aromatic heterocycles. The molecule has 0 saturated carbocycles. The molecular weight excluding hydrogens is 350 g/mol. The van der Waals surface area contributed by atoms with Crippen molar-refractivity contribution >= 4 is 22.6 Å². The highest BCUT2D eigenvalue weighted by Gasteiger charge is 2.16. The molecule has 3 nitrogen and oxygen atoms in total. The quantitative estimate of drug-likeness (QED) is 0.551. The second-order valence-corrected chi connectivity index (χ2v) is 4.34. The summed E-state index contributed by atoms with van der Waals surface area (Å²) in [5.41, 5.74) is 0. The summed E-state index contributed by atoms with van der Waals surface area (Å²) in [6.07, 6.45) is 4.78. The summed E-state index contributed by atoms with van der Waals surface area (Å²) in [5.74, 6) is 0.862. The van der Waals surface area contributed by atoms with Crippen molar-refractivity contribution in [3.05, 3.63) is 22.0 Å². The molecule has 15 heavy (non-hydrogen) atoms. The van der Waals surface area contributed by atoms with Crippen molar-refractivity contribution in [1.82, 2.24) is 10.3 Å². The van der Waals surface area contributed by atoms with Gasteiger partial charge in [0.1, 0.15) is 12.4 Å². The van der Waals surface area contributed by atoms with Gasteiger partial charge in [-0.1, -0.05) is 0 Å². The first kappa shape index (κ1) is 15.2. The molecule has 0 unspecified atom stereocenters. The molecule has 0 radical (unpaired) electrons. The predicted octanol–water partition coefficient (Wildman–Crippen LogP) is -4.57. The van der Waals surface area contributed by atoms with Crippen molar-refractivity contribution in [1.29, 1.82) is 0 Å². The first-order valence-electron chi connectivity index (χ1n) is 4.31. The third kappa shape index (κ3) is 4.72. The van der Waals surface area contributed by atoms with Crippen LogP contribution in [0, 0.1) is 3.57 Å². The Balaban J connectivity index is 0.000000980. The summed E-state index contributed by atoms with van der Waals surface area (Å²) in [6.45, 7) is 1.88. The second-order valence-electron chi connectivity index (χ2n) is 3.09. The van der Waals surface area contributed by atoms with Gasteiger partial charge in [0, 0.05) is 15.8 Å². The maximum Gasteiger partial charge on any atom is 0.138 e. The molecule has 1 aliphatic rings. The summed E-state index contributed by atoms with van der Waals surface area (Å²) in [4.78, 5) is 4.05. The highest BCUT2D eigenvalue weighted by atomic mass is 127. The van der Waals surface area contributed by atoms with Crippen molar-refractivity contribution in [2.24, 2.45) is 0 Å². The number of pyridine rings is 1. The minimum Gasteiger partial charge on any atom is -1.00 e. The third-order valence-corrected chi connectivity index (χ3v) is 2.65. The lowest BCUT2D eigenvalue weighted by molar-refractivity contribution is -0.00100. The van der Waals surface area contributed by atoms with Gasteiger partial charge in [-0.15, -0.1) is 0 Å². The van der Waals surface area contributed by atoms with Crippen LogP contribution < -0.4 is 34.9 Å². The minimum absolute atomic E-state index is 0. The van der Waals surface area contributed by atoms with Crippen molar-refractivity contribution in [3.63, 3.8) is 0 Å². The molecule has 0 spiro atoms. The van der Waals surface area contributed by atoms with E-state index in [0.29, 0.717) is 6.04 Å². The van der Waals surface area contributed by atoms with Crippen molar-refractivity contribution in [2.75, 3.05) is 13.2 Å². The highest BCUT2D eigenvalue weighted by molar-refractivity contribution is 14.1. The monoisotopic (exact) mass is 360 g/mol. The molecule has 0 aromatic carbocycles. The molecule has 1 atom stereocenters. The van der Waals surface area contributed by atoms with Gasteiger partial charge in [-0.05, 0) is 41.6 Å². The smallest absolute Gasteiger partial charge is 0.138 e. The normalized spacial score (nSPS) is 18.1. The molecule has 1 aromatic rings. The zero-order valence-corrected chi connectivity index (χ0v) is 11.6. The van der Waals surface area contributed by atoms with Crippen LogP contribution >= 0.6 is 22.6 Å². The van der Waals surface area contributed by atoms with E-state index in [2.05, 4.69) is 32.9 Å². The van der Waals surface area contributed by atoms with Crippen LogP contribution in [0.2, 0.25) is 0 Å². The summed E-state index contributed by atoms with van der Waals surface area (Å²) in [7, 11) is 0. The molecular formula is C9H11Cl2IN2O-2. The zero-order valence-electron chi connectivity index (χ0n) is 7.92. The fourth-order valence-corrected chi connectivity index (χ4v) is 1.63. The molecule has 0 amide bonds. The molecule has 2 heterocycles. The Labute approximate surface area is 115 Å². The average molecular weight is 361 g/mol. The summed E-state index contributed by atoms with van der Waals surface area (Å²) in [5, 5.41) is 3.28. The Morgan fingerprint density at radius 1 is 1.47 bits per heavy atom. The van der Waals surface area contributed by atoms with Gasteiger partial charge in [-0.3, -0.25) is 4.98 Å². The number of hydrogen-bond donors (Lipinski definition) is 1. The molecule has 0 aliphatic carbocycles. The molecule has 6 heteroatoms. The maximum atomic E-state index is 5.56. The lowest BCUT2D eigenvalue weighted by Crippen LogP contribution is -3.00. The van der Waals surface area contributed by atoms with E-state index in [0.717, 1.165) is 22.5 Å². The SMILES string of the molecule is Ic1cncc(OC[C@@H]2CCN2)c1.[Cl-].[Cl-]. The van der Waals surface area contributed by atoms with Crippen LogP contribution in [0.3, 0.4) is 0 Å². The number of hydrogen-bond acceptors (Lipinski definition) is 3. The van der Waals surface area contributed by atoms with Crippen LogP contribution in [-0.2, 0) is 0 Å². The number of aromatic nitrogens is 1. The van der Waals surface area contributed by atoms with Crippen LogP contribution in [0.15, 0.2) is 18.5 Å². The Bertz CT molecular complexity index is 297. The second kappa shape index (κ2) is 7.49. The first-order valence-corrected chi connectivity index (χ1v) is 5.39. The van der Waals surface area contributed by atoms with Crippen LogP contribution in [-0.4, -0.2) is 24.2 Å². The Kier molecular flexibility index (Phi) is 7.60. The first-order chi connectivity index (χ1) is 6.34. The van der Waals surface area contributed by atoms with E-state index in [-0.39, 0.29) is 24.8 Å². The molecule has 1 saturated heterocycles.